The lowest BCUT2D eigenvalue weighted by Crippen LogP contribution is -2.46. The highest BCUT2D eigenvalue weighted by atomic mass is 16.5. The fourth-order valence-electron chi connectivity index (χ4n) is 1.38. The van der Waals surface area contributed by atoms with E-state index in [0.29, 0.717) is 6.61 Å². The van der Waals surface area contributed by atoms with Crippen molar-refractivity contribution in [3.05, 3.63) is 0 Å². The van der Waals surface area contributed by atoms with E-state index in [1.165, 1.54) is 0 Å². The van der Waals surface area contributed by atoms with Gasteiger partial charge >= 0.3 is 5.97 Å². The Labute approximate surface area is 82.2 Å². The van der Waals surface area contributed by atoms with Crippen LogP contribution in [0.3, 0.4) is 0 Å². The lowest BCUT2D eigenvalue weighted by molar-refractivity contribution is -0.163. The van der Waals surface area contributed by atoms with Gasteiger partial charge in [-0.1, -0.05) is 0 Å². The zero-order chi connectivity index (χ0) is 10.6. The van der Waals surface area contributed by atoms with Gasteiger partial charge in [0, 0.05) is 12.8 Å². The average molecular weight is 196 g/mol. The normalized spacial score (nSPS) is 26.5. The van der Waals surface area contributed by atoms with Crippen molar-refractivity contribution < 1.29 is 19.4 Å². The van der Waals surface area contributed by atoms with Crippen molar-refractivity contribution >= 4 is 11.8 Å². The number of ketones is 1. The van der Waals surface area contributed by atoms with Gasteiger partial charge in [-0.05, 0) is 6.92 Å². The van der Waals surface area contributed by atoms with Crippen LogP contribution in [-0.4, -0.2) is 30.1 Å². The number of aliphatic carboxylic acids is 1. The van der Waals surface area contributed by atoms with E-state index in [9.17, 15) is 9.59 Å². The molecular formula is C10H12O4. The van der Waals surface area contributed by atoms with E-state index in [2.05, 4.69) is 11.8 Å². The fourth-order valence-corrected chi connectivity index (χ4v) is 1.38. The predicted molar refractivity (Wildman–Crippen MR) is 48.6 cm³/mol. The standard InChI is InChI=1S/C10H12O4/c1-2-3-5-10(9(12)13)7-14-6-4-8(10)11/h4-7H2,1H3,(H,12,13). The summed E-state index contributed by atoms with van der Waals surface area (Å²) < 4.78 is 5.04. The summed E-state index contributed by atoms with van der Waals surface area (Å²) in [6, 6.07) is 0. The van der Waals surface area contributed by atoms with Gasteiger partial charge in [0.25, 0.3) is 0 Å². The van der Waals surface area contributed by atoms with Crippen LogP contribution in [0.15, 0.2) is 0 Å². The van der Waals surface area contributed by atoms with Crippen LogP contribution in [0.25, 0.3) is 0 Å². The van der Waals surface area contributed by atoms with Crippen molar-refractivity contribution in [2.75, 3.05) is 13.2 Å². The van der Waals surface area contributed by atoms with Crippen LogP contribution in [0.5, 0.6) is 0 Å². The third kappa shape index (κ3) is 1.78. The van der Waals surface area contributed by atoms with Gasteiger partial charge in [0.1, 0.15) is 0 Å². The Morgan fingerprint density at radius 2 is 2.43 bits per heavy atom. The Morgan fingerprint density at radius 3 is 2.93 bits per heavy atom. The molecule has 1 unspecified atom stereocenters. The smallest absolute Gasteiger partial charge is 0.320 e. The monoisotopic (exact) mass is 196 g/mol. The molecule has 76 valence electrons. The molecule has 0 aliphatic carbocycles. The van der Waals surface area contributed by atoms with Crippen molar-refractivity contribution in [3.63, 3.8) is 0 Å². The van der Waals surface area contributed by atoms with Crippen LogP contribution >= 0.6 is 0 Å². The number of hydrogen-bond acceptors (Lipinski definition) is 3. The second kappa shape index (κ2) is 4.25. The summed E-state index contributed by atoms with van der Waals surface area (Å²) in [6.07, 6.45) is 0.204. The second-order valence-electron chi connectivity index (χ2n) is 3.22. The number of hydrogen-bond donors (Lipinski definition) is 1. The molecule has 4 heteroatoms. The van der Waals surface area contributed by atoms with Crippen LogP contribution in [0.1, 0.15) is 19.8 Å². The van der Waals surface area contributed by atoms with Gasteiger partial charge in [-0.2, -0.15) is 0 Å². The molecule has 1 saturated heterocycles. The van der Waals surface area contributed by atoms with Gasteiger partial charge in [0.05, 0.1) is 13.2 Å². The number of rotatable bonds is 2. The van der Waals surface area contributed by atoms with E-state index in [0.717, 1.165) is 0 Å². The van der Waals surface area contributed by atoms with E-state index in [1.54, 1.807) is 6.92 Å². The molecule has 1 rings (SSSR count). The highest BCUT2D eigenvalue weighted by molar-refractivity contribution is 6.04. The molecule has 0 aromatic heterocycles. The maximum absolute atomic E-state index is 11.5. The lowest BCUT2D eigenvalue weighted by Gasteiger charge is -2.29. The molecule has 4 nitrogen and oxygen atoms in total. The minimum absolute atomic E-state index is 0.0394. The molecule has 0 aromatic rings. The Kier molecular flexibility index (Phi) is 3.26. The largest absolute Gasteiger partial charge is 0.480 e. The number of carbonyl (C=O) groups excluding carboxylic acids is 1. The summed E-state index contributed by atoms with van der Waals surface area (Å²) in [7, 11) is 0. The Morgan fingerprint density at radius 1 is 1.71 bits per heavy atom. The molecule has 1 aliphatic heterocycles. The van der Waals surface area contributed by atoms with Gasteiger partial charge in [0.15, 0.2) is 11.2 Å². The maximum Gasteiger partial charge on any atom is 0.320 e. The summed E-state index contributed by atoms with van der Waals surface area (Å²) in [5.74, 6) is 3.82. The molecule has 0 saturated carbocycles. The van der Waals surface area contributed by atoms with Gasteiger partial charge in [-0.3, -0.25) is 9.59 Å². The van der Waals surface area contributed by atoms with Crippen LogP contribution < -0.4 is 0 Å². The van der Waals surface area contributed by atoms with Crippen molar-refractivity contribution in [1.29, 1.82) is 0 Å². The summed E-state index contributed by atoms with van der Waals surface area (Å²) in [4.78, 5) is 22.6. The van der Waals surface area contributed by atoms with Gasteiger partial charge in [0.2, 0.25) is 0 Å². The minimum Gasteiger partial charge on any atom is -0.480 e. The first-order chi connectivity index (χ1) is 6.63. The molecule has 1 fully saturated rings. The molecule has 0 spiro atoms. The van der Waals surface area contributed by atoms with Gasteiger partial charge < -0.3 is 9.84 Å². The quantitative estimate of drug-likeness (QED) is 0.514. The molecule has 0 amide bonds. The number of carboxylic acids is 1. The predicted octanol–water partition coefficient (Wildman–Crippen LogP) is 0.460. The summed E-state index contributed by atoms with van der Waals surface area (Å²) in [5, 5.41) is 9.02. The number of ether oxygens (including phenoxy) is 1. The third-order valence-electron chi connectivity index (χ3n) is 2.33. The molecule has 1 atom stereocenters. The van der Waals surface area contributed by atoms with Crippen LogP contribution in [-0.2, 0) is 14.3 Å². The van der Waals surface area contributed by atoms with Crippen LogP contribution in [0, 0.1) is 17.3 Å². The molecule has 0 aromatic carbocycles. The van der Waals surface area contributed by atoms with E-state index < -0.39 is 11.4 Å². The lowest BCUT2D eigenvalue weighted by atomic mass is 9.78. The summed E-state index contributed by atoms with van der Waals surface area (Å²) >= 11 is 0. The SMILES string of the molecule is CC#CCC1(C(=O)O)COCCC1=O. The first-order valence-corrected chi connectivity index (χ1v) is 4.37. The first-order valence-electron chi connectivity index (χ1n) is 4.37. The first kappa shape index (κ1) is 10.7. The van der Waals surface area contributed by atoms with Crippen molar-refractivity contribution in [3.8, 4) is 11.8 Å². The van der Waals surface area contributed by atoms with Gasteiger partial charge in [-0.15, -0.1) is 11.8 Å². The molecule has 1 N–H and O–H groups in total. The van der Waals surface area contributed by atoms with Crippen LogP contribution in [0.4, 0.5) is 0 Å². The maximum atomic E-state index is 11.5. The van der Waals surface area contributed by atoms with E-state index in [-0.39, 0.29) is 25.2 Å². The van der Waals surface area contributed by atoms with Crippen molar-refractivity contribution in [2.24, 2.45) is 5.41 Å². The molecular weight excluding hydrogens is 184 g/mol. The van der Waals surface area contributed by atoms with Crippen molar-refractivity contribution in [1.82, 2.24) is 0 Å². The zero-order valence-electron chi connectivity index (χ0n) is 8.00. The average Bonchev–Trinajstić information content (AvgIpc) is 2.16. The van der Waals surface area contributed by atoms with E-state index >= 15 is 0 Å². The van der Waals surface area contributed by atoms with Crippen molar-refractivity contribution in [2.45, 2.75) is 19.8 Å². The molecule has 14 heavy (non-hydrogen) atoms. The van der Waals surface area contributed by atoms with Crippen LogP contribution in [0.2, 0.25) is 0 Å². The Hall–Kier alpha value is -1.34. The minimum atomic E-state index is -1.43. The zero-order valence-corrected chi connectivity index (χ0v) is 8.00. The number of carboxylic acid groups (broad SMARTS) is 1. The molecule has 0 radical (unpaired) electrons. The van der Waals surface area contributed by atoms with Gasteiger partial charge in [-0.25, -0.2) is 0 Å². The second-order valence-corrected chi connectivity index (χ2v) is 3.22. The Balaban J connectivity index is 2.92. The summed E-state index contributed by atoms with van der Waals surface area (Å²) in [6.45, 7) is 1.87. The fraction of sp³-hybridized carbons (Fsp3) is 0.600. The molecule has 1 heterocycles. The Bertz CT molecular complexity index is 310. The number of carbonyl (C=O) groups is 2. The van der Waals surface area contributed by atoms with E-state index in [1.807, 2.05) is 0 Å². The molecule has 0 bridgehead atoms. The highest BCUT2D eigenvalue weighted by Crippen LogP contribution is 2.29. The number of Topliss-reactive ketones (excluding diaryl/α,β-unsaturated/α-hetero) is 1. The topological polar surface area (TPSA) is 63.6 Å². The molecule has 1 aliphatic rings. The van der Waals surface area contributed by atoms with E-state index in [4.69, 9.17) is 9.84 Å². The summed E-state index contributed by atoms with van der Waals surface area (Å²) in [5.41, 5.74) is -1.43. The highest BCUT2D eigenvalue weighted by Gasteiger charge is 2.47. The third-order valence-corrected chi connectivity index (χ3v) is 2.33.